The maximum Gasteiger partial charge on any atom is 0.119 e. The van der Waals surface area contributed by atoms with Crippen molar-refractivity contribution in [3.8, 4) is 0 Å². The first-order chi connectivity index (χ1) is 6.86. The van der Waals surface area contributed by atoms with Crippen LogP contribution < -0.4 is 11.1 Å². The van der Waals surface area contributed by atoms with Crippen molar-refractivity contribution >= 4 is 18.0 Å². The minimum Gasteiger partial charge on any atom is -0.318 e. The highest BCUT2D eigenvalue weighted by Crippen LogP contribution is 2.30. The zero-order valence-corrected chi connectivity index (χ0v) is 9.39. The van der Waals surface area contributed by atoms with Gasteiger partial charge in [0.25, 0.3) is 0 Å². The predicted molar refractivity (Wildman–Crippen MR) is 61.4 cm³/mol. The van der Waals surface area contributed by atoms with Gasteiger partial charge < -0.3 is 15.8 Å². The van der Waals surface area contributed by atoms with Gasteiger partial charge in [0.1, 0.15) is 6.29 Å². The van der Waals surface area contributed by atoms with Gasteiger partial charge >= 0.3 is 0 Å². The molecule has 0 aliphatic carbocycles. The van der Waals surface area contributed by atoms with Crippen LogP contribution in [0.5, 0.6) is 0 Å². The molecule has 1 aliphatic heterocycles. The van der Waals surface area contributed by atoms with Gasteiger partial charge in [0, 0.05) is 30.1 Å². The number of aldehydes is 1. The first-order valence-corrected chi connectivity index (χ1v) is 6.40. The lowest BCUT2D eigenvalue weighted by atomic mass is 10.1. The monoisotopic (exact) mass is 216 g/mol. The molecule has 82 valence electrons. The van der Waals surface area contributed by atoms with Crippen molar-refractivity contribution in [3.05, 3.63) is 0 Å². The summed E-state index contributed by atoms with van der Waals surface area (Å²) in [7, 11) is 0. The molecule has 4 heteroatoms. The van der Waals surface area contributed by atoms with Gasteiger partial charge in [0.2, 0.25) is 0 Å². The van der Waals surface area contributed by atoms with E-state index in [-0.39, 0.29) is 0 Å². The van der Waals surface area contributed by atoms with Crippen LogP contribution in [0.2, 0.25) is 0 Å². The molecule has 1 fully saturated rings. The summed E-state index contributed by atoms with van der Waals surface area (Å²) in [6, 6.07) is 0.612. The van der Waals surface area contributed by atoms with E-state index in [0.29, 0.717) is 12.7 Å². The fraction of sp³-hybridized carbons (Fsp3) is 0.900. The molecular weight excluding hydrogens is 196 g/mol. The highest BCUT2D eigenvalue weighted by molar-refractivity contribution is 8.00. The van der Waals surface area contributed by atoms with Crippen molar-refractivity contribution in [2.75, 3.05) is 12.4 Å². The average Bonchev–Trinajstić information content (AvgIpc) is 2.61. The number of carbonyl (C=O) groups is 1. The van der Waals surface area contributed by atoms with Crippen LogP contribution in [0.1, 0.15) is 32.1 Å². The summed E-state index contributed by atoms with van der Waals surface area (Å²) in [5.41, 5.74) is 5.43. The Morgan fingerprint density at radius 2 is 2.36 bits per heavy atom. The number of nitrogens with one attached hydrogen (secondary N) is 1. The van der Waals surface area contributed by atoms with Gasteiger partial charge in [0.05, 0.1) is 0 Å². The van der Waals surface area contributed by atoms with Crippen LogP contribution in [0, 0.1) is 0 Å². The predicted octanol–water partition coefficient (Wildman–Crippen LogP) is 1.13. The van der Waals surface area contributed by atoms with Crippen LogP contribution in [0.4, 0.5) is 0 Å². The number of hydrogen-bond acceptors (Lipinski definition) is 4. The van der Waals surface area contributed by atoms with Crippen molar-refractivity contribution in [1.29, 1.82) is 0 Å². The second-order valence-corrected chi connectivity index (χ2v) is 5.08. The standard InChI is InChI=1S/C10H20N2OS/c11-8-12-9-6-10(14-7-9)4-2-1-3-5-13/h5,9-10,12H,1-4,6-8,11H2/t9?,10-/m1/s1. The van der Waals surface area contributed by atoms with Crippen LogP contribution in [0.15, 0.2) is 0 Å². The molecule has 14 heavy (non-hydrogen) atoms. The number of unbranched alkanes of at least 4 members (excludes halogenated alkanes) is 2. The van der Waals surface area contributed by atoms with E-state index in [9.17, 15) is 4.79 Å². The third kappa shape index (κ3) is 4.44. The second-order valence-electron chi connectivity index (χ2n) is 3.75. The molecule has 0 saturated carbocycles. The maximum atomic E-state index is 10.1. The van der Waals surface area contributed by atoms with Crippen LogP contribution in [-0.4, -0.2) is 30.0 Å². The molecule has 1 unspecified atom stereocenters. The van der Waals surface area contributed by atoms with E-state index in [0.717, 1.165) is 24.4 Å². The highest BCUT2D eigenvalue weighted by atomic mass is 32.2. The zero-order valence-electron chi connectivity index (χ0n) is 8.58. The molecule has 1 saturated heterocycles. The zero-order chi connectivity index (χ0) is 10.2. The van der Waals surface area contributed by atoms with E-state index in [4.69, 9.17) is 5.73 Å². The molecule has 0 aromatic carbocycles. The average molecular weight is 216 g/mol. The van der Waals surface area contributed by atoms with E-state index in [1.165, 1.54) is 25.0 Å². The van der Waals surface area contributed by atoms with Crippen LogP contribution >= 0.6 is 11.8 Å². The fourth-order valence-corrected chi connectivity index (χ4v) is 3.28. The molecule has 0 bridgehead atoms. The van der Waals surface area contributed by atoms with E-state index >= 15 is 0 Å². The minimum atomic E-state index is 0.586. The Bertz CT molecular complexity index is 166. The van der Waals surface area contributed by atoms with Gasteiger partial charge in [-0.2, -0.15) is 11.8 Å². The summed E-state index contributed by atoms with van der Waals surface area (Å²) < 4.78 is 0. The smallest absolute Gasteiger partial charge is 0.119 e. The molecule has 0 radical (unpaired) electrons. The molecule has 1 rings (SSSR count). The number of rotatable bonds is 7. The SMILES string of the molecule is NCNC1CS[C@H](CCCCC=O)C1. The lowest BCUT2D eigenvalue weighted by Gasteiger charge is -2.10. The van der Waals surface area contributed by atoms with E-state index in [2.05, 4.69) is 5.32 Å². The van der Waals surface area contributed by atoms with Crippen molar-refractivity contribution in [1.82, 2.24) is 5.32 Å². The Kier molecular flexibility index (Phi) is 6.23. The summed E-state index contributed by atoms with van der Waals surface area (Å²) >= 11 is 2.04. The lowest BCUT2D eigenvalue weighted by molar-refractivity contribution is -0.107. The number of thioether (sulfide) groups is 1. The van der Waals surface area contributed by atoms with Crippen molar-refractivity contribution in [3.63, 3.8) is 0 Å². The summed E-state index contributed by atoms with van der Waals surface area (Å²) in [4.78, 5) is 10.1. The van der Waals surface area contributed by atoms with E-state index in [1.54, 1.807) is 0 Å². The summed E-state index contributed by atoms with van der Waals surface area (Å²) in [5.74, 6) is 1.19. The van der Waals surface area contributed by atoms with Gasteiger partial charge in [-0.3, -0.25) is 0 Å². The maximum absolute atomic E-state index is 10.1. The number of hydrogen-bond donors (Lipinski definition) is 2. The third-order valence-corrected chi connectivity index (χ3v) is 4.08. The van der Waals surface area contributed by atoms with Crippen LogP contribution in [-0.2, 0) is 4.79 Å². The highest BCUT2D eigenvalue weighted by Gasteiger charge is 2.23. The molecular formula is C10H20N2OS. The van der Waals surface area contributed by atoms with Gasteiger partial charge in [-0.05, 0) is 19.3 Å². The molecule has 0 amide bonds. The number of carbonyl (C=O) groups excluding carboxylic acids is 1. The minimum absolute atomic E-state index is 0.586. The third-order valence-electron chi connectivity index (χ3n) is 2.59. The van der Waals surface area contributed by atoms with Crippen molar-refractivity contribution < 1.29 is 4.79 Å². The Hall–Kier alpha value is -0.0600. The van der Waals surface area contributed by atoms with Gasteiger partial charge in [-0.25, -0.2) is 0 Å². The van der Waals surface area contributed by atoms with Gasteiger partial charge in [0.15, 0.2) is 0 Å². The first kappa shape index (κ1) is 12.0. The Morgan fingerprint density at radius 1 is 1.50 bits per heavy atom. The topological polar surface area (TPSA) is 55.1 Å². The van der Waals surface area contributed by atoms with E-state index in [1.807, 2.05) is 11.8 Å². The molecule has 0 aromatic heterocycles. The molecule has 3 N–H and O–H groups in total. The Balaban J connectivity index is 2.01. The van der Waals surface area contributed by atoms with Gasteiger partial charge in [-0.1, -0.05) is 6.42 Å². The Labute approximate surface area is 90.2 Å². The molecule has 3 nitrogen and oxygen atoms in total. The summed E-state index contributed by atoms with van der Waals surface area (Å²) in [6.45, 7) is 0.586. The van der Waals surface area contributed by atoms with Crippen molar-refractivity contribution in [2.24, 2.45) is 5.73 Å². The summed E-state index contributed by atoms with van der Waals surface area (Å²) in [5, 5.41) is 4.06. The normalized spacial score (nSPS) is 26.6. The molecule has 0 aromatic rings. The van der Waals surface area contributed by atoms with Crippen molar-refractivity contribution in [2.45, 2.75) is 43.4 Å². The largest absolute Gasteiger partial charge is 0.318 e. The first-order valence-electron chi connectivity index (χ1n) is 5.35. The van der Waals surface area contributed by atoms with Crippen LogP contribution in [0.25, 0.3) is 0 Å². The fourth-order valence-electron chi connectivity index (χ4n) is 1.82. The molecule has 1 aliphatic rings. The van der Waals surface area contributed by atoms with Crippen LogP contribution in [0.3, 0.4) is 0 Å². The quantitative estimate of drug-likeness (QED) is 0.380. The van der Waals surface area contributed by atoms with E-state index < -0.39 is 0 Å². The summed E-state index contributed by atoms with van der Waals surface area (Å²) in [6.07, 6.45) is 6.47. The molecule has 2 atom stereocenters. The molecule has 0 spiro atoms. The second kappa shape index (κ2) is 7.26. The number of nitrogens with two attached hydrogens (primary N) is 1. The molecule has 1 heterocycles. The van der Waals surface area contributed by atoms with Gasteiger partial charge in [-0.15, -0.1) is 0 Å². The Morgan fingerprint density at radius 3 is 3.07 bits per heavy atom. The lowest BCUT2D eigenvalue weighted by Crippen LogP contribution is -2.33.